The van der Waals surface area contributed by atoms with Crippen molar-refractivity contribution in [3.8, 4) is 12.3 Å². The maximum absolute atomic E-state index is 14.1. The molecule has 3 heteroatoms. The first-order valence-corrected chi connectivity index (χ1v) is 7.11. The fraction of sp³-hybridized carbons (Fsp3) is 0.211. The SMILES string of the molecule is C#Cc1cccc(C(=O)Nc2ccc(C(C)C)c(C)c2)c1F. The summed E-state index contributed by atoms with van der Waals surface area (Å²) >= 11 is 0. The zero-order valence-electron chi connectivity index (χ0n) is 12.9. The van der Waals surface area contributed by atoms with Gasteiger partial charge in [0.25, 0.3) is 5.91 Å². The number of benzene rings is 2. The molecule has 0 saturated carbocycles. The van der Waals surface area contributed by atoms with E-state index in [9.17, 15) is 9.18 Å². The van der Waals surface area contributed by atoms with Crippen molar-refractivity contribution < 1.29 is 9.18 Å². The number of terminal acetylenes is 1. The number of nitrogens with one attached hydrogen (secondary N) is 1. The standard InChI is InChI=1S/C19H18FNO/c1-5-14-7-6-8-17(18(14)20)19(22)21-15-9-10-16(12(2)3)13(4)11-15/h1,6-12H,2-4H3,(H,21,22). The van der Waals surface area contributed by atoms with Gasteiger partial charge in [0.2, 0.25) is 0 Å². The van der Waals surface area contributed by atoms with E-state index in [0.29, 0.717) is 11.6 Å². The summed E-state index contributed by atoms with van der Waals surface area (Å²) in [7, 11) is 0. The van der Waals surface area contributed by atoms with Crippen molar-refractivity contribution in [2.24, 2.45) is 0 Å². The van der Waals surface area contributed by atoms with Gasteiger partial charge >= 0.3 is 0 Å². The minimum atomic E-state index is -0.668. The molecule has 0 aromatic heterocycles. The van der Waals surface area contributed by atoms with Crippen molar-refractivity contribution >= 4 is 11.6 Å². The summed E-state index contributed by atoms with van der Waals surface area (Å²) in [6, 6.07) is 10.1. The average Bonchev–Trinajstić information content (AvgIpc) is 2.47. The maximum atomic E-state index is 14.1. The summed E-state index contributed by atoms with van der Waals surface area (Å²) in [6.07, 6.45) is 5.22. The van der Waals surface area contributed by atoms with Gasteiger partial charge in [0, 0.05) is 5.69 Å². The molecular weight excluding hydrogens is 277 g/mol. The van der Waals surface area contributed by atoms with E-state index in [1.54, 1.807) is 6.07 Å². The van der Waals surface area contributed by atoms with E-state index < -0.39 is 11.7 Å². The van der Waals surface area contributed by atoms with Crippen molar-refractivity contribution in [3.05, 3.63) is 64.5 Å². The lowest BCUT2D eigenvalue weighted by molar-refractivity contribution is 0.102. The number of carbonyl (C=O) groups is 1. The molecule has 1 N–H and O–H groups in total. The minimum Gasteiger partial charge on any atom is -0.322 e. The average molecular weight is 295 g/mol. The molecule has 2 aromatic carbocycles. The van der Waals surface area contributed by atoms with Gasteiger partial charge in [-0.05, 0) is 48.2 Å². The van der Waals surface area contributed by atoms with Crippen molar-refractivity contribution in [1.29, 1.82) is 0 Å². The van der Waals surface area contributed by atoms with Crippen molar-refractivity contribution in [2.45, 2.75) is 26.7 Å². The molecule has 0 spiro atoms. The van der Waals surface area contributed by atoms with Gasteiger partial charge in [0.05, 0.1) is 11.1 Å². The highest BCUT2D eigenvalue weighted by atomic mass is 19.1. The molecule has 2 rings (SSSR count). The summed E-state index contributed by atoms with van der Waals surface area (Å²) in [5.41, 5.74) is 2.97. The third kappa shape index (κ3) is 3.17. The maximum Gasteiger partial charge on any atom is 0.258 e. The zero-order chi connectivity index (χ0) is 16.3. The second-order valence-electron chi connectivity index (χ2n) is 5.49. The molecule has 0 aliphatic heterocycles. The van der Waals surface area contributed by atoms with Gasteiger partial charge in [-0.3, -0.25) is 4.79 Å². The molecule has 2 aromatic rings. The van der Waals surface area contributed by atoms with Crippen molar-refractivity contribution in [2.75, 3.05) is 5.32 Å². The lowest BCUT2D eigenvalue weighted by Crippen LogP contribution is -2.14. The number of rotatable bonds is 3. The second-order valence-corrected chi connectivity index (χ2v) is 5.49. The van der Waals surface area contributed by atoms with Crippen LogP contribution in [0.15, 0.2) is 36.4 Å². The summed E-state index contributed by atoms with van der Waals surface area (Å²) in [6.45, 7) is 6.22. The number of aryl methyl sites for hydroxylation is 1. The summed E-state index contributed by atoms with van der Waals surface area (Å²) < 4.78 is 14.1. The Labute approximate surface area is 130 Å². The molecule has 0 aliphatic rings. The molecular formula is C19H18FNO. The van der Waals surface area contributed by atoms with Gasteiger partial charge in [0.1, 0.15) is 0 Å². The predicted molar refractivity (Wildman–Crippen MR) is 87.6 cm³/mol. The summed E-state index contributed by atoms with van der Waals surface area (Å²) in [4.78, 5) is 12.2. The van der Waals surface area contributed by atoms with Crippen molar-refractivity contribution in [1.82, 2.24) is 0 Å². The number of hydrogen-bond acceptors (Lipinski definition) is 1. The Morgan fingerprint density at radius 3 is 2.59 bits per heavy atom. The first-order chi connectivity index (χ1) is 10.4. The molecule has 0 fully saturated rings. The number of carbonyl (C=O) groups excluding carboxylic acids is 1. The van der Waals surface area contributed by atoms with Gasteiger partial charge in [-0.1, -0.05) is 31.9 Å². The number of hydrogen-bond donors (Lipinski definition) is 1. The summed E-state index contributed by atoms with van der Waals surface area (Å²) in [5.74, 6) is 1.46. The predicted octanol–water partition coefficient (Wildman–Crippen LogP) is 4.49. The van der Waals surface area contributed by atoms with Crippen LogP contribution >= 0.6 is 0 Å². The molecule has 0 radical (unpaired) electrons. The van der Waals surface area contributed by atoms with Crippen LogP contribution in [-0.2, 0) is 0 Å². The third-order valence-electron chi connectivity index (χ3n) is 3.55. The van der Waals surface area contributed by atoms with E-state index in [1.807, 2.05) is 25.1 Å². The van der Waals surface area contributed by atoms with E-state index in [1.165, 1.54) is 17.7 Å². The fourth-order valence-electron chi connectivity index (χ4n) is 2.42. The van der Waals surface area contributed by atoms with Gasteiger partial charge in [0.15, 0.2) is 5.82 Å². The number of halogens is 1. The molecule has 112 valence electrons. The van der Waals surface area contributed by atoms with Gasteiger partial charge in [-0.2, -0.15) is 0 Å². The largest absolute Gasteiger partial charge is 0.322 e. The highest BCUT2D eigenvalue weighted by molar-refractivity contribution is 6.04. The van der Waals surface area contributed by atoms with Crippen LogP contribution in [0, 0.1) is 25.1 Å². The lowest BCUT2D eigenvalue weighted by Gasteiger charge is -2.12. The smallest absolute Gasteiger partial charge is 0.258 e. The Morgan fingerprint density at radius 2 is 2.00 bits per heavy atom. The highest BCUT2D eigenvalue weighted by Crippen LogP contribution is 2.23. The summed E-state index contributed by atoms with van der Waals surface area (Å²) in [5, 5.41) is 2.71. The van der Waals surface area contributed by atoms with Crippen LogP contribution in [0.25, 0.3) is 0 Å². The van der Waals surface area contributed by atoms with Crippen LogP contribution in [0.5, 0.6) is 0 Å². The first-order valence-electron chi connectivity index (χ1n) is 7.11. The van der Waals surface area contributed by atoms with E-state index in [0.717, 1.165) is 5.56 Å². The minimum absolute atomic E-state index is 0.0546. The van der Waals surface area contributed by atoms with Gasteiger partial charge in [-0.25, -0.2) is 4.39 Å². The quantitative estimate of drug-likeness (QED) is 0.830. The van der Waals surface area contributed by atoms with Crippen LogP contribution in [0.1, 0.15) is 46.8 Å². The van der Waals surface area contributed by atoms with E-state index in [-0.39, 0.29) is 11.1 Å². The molecule has 22 heavy (non-hydrogen) atoms. The normalized spacial score (nSPS) is 10.4. The van der Waals surface area contributed by atoms with Crippen LogP contribution in [0.3, 0.4) is 0 Å². The van der Waals surface area contributed by atoms with Crippen molar-refractivity contribution in [3.63, 3.8) is 0 Å². The lowest BCUT2D eigenvalue weighted by atomic mass is 9.97. The fourth-order valence-corrected chi connectivity index (χ4v) is 2.42. The molecule has 0 aliphatic carbocycles. The highest BCUT2D eigenvalue weighted by Gasteiger charge is 2.14. The molecule has 0 saturated heterocycles. The second kappa shape index (κ2) is 6.44. The Hall–Kier alpha value is -2.60. The Bertz CT molecular complexity index is 757. The zero-order valence-corrected chi connectivity index (χ0v) is 12.9. The molecule has 1 amide bonds. The molecule has 0 unspecified atom stereocenters. The van der Waals surface area contributed by atoms with Gasteiger partial charge in [-0.15, -0.1) is 6.42 Å². The van der Waals surface area contributed by atoms with Crippen LogP contribution in [0.2, 0.25) is 0 Å². The Kier molecular flexibility index (Phi) is 4.62. The van der Waals surface area contributed by atoms with E-state index in [4.69, 9.17) is 6.42 Å². The van der Waals surface area contributed by atoms with E-state index in [2.05, 4.69) is 25.1 Å². The van der Waals surface area contributed by atoms with Crippen LogP contribution < -0.4 is 5.32 Å². The van der Waals surface area contributed by atoms with E-state index >= 15 is 0 Å². The van der Waals surface area contributed by atoms with Crippen LogP contribution in [-0.4, -0.2) is 5.91 Å². The number of amides is 1. The third-order valence-corrected chi connectivity index (χ3v) is 3.55. The topological polar surface area (TPSA) is 29.1 Å². The molecule has 0 atom stereocenters. The molecule has 2 nitrogen and oxygen atoms in total. The Morgan fingerprint density at radius 1 is 1.27 bits per heavy atom. The number of anilines is 1. The molecule has 0 heterocycles. The Balaban J connectivity index is 2.27. The van der Waals surface area contributed by atoms with Gasteiger partial charge < -0.3 is 5.32 Å². The first kappa shape index (κ1) is 15.8. The monoisotopic (exact) mass is 295 g/mol. The van der Waals surface area contributed by atoms with Crippen LogP contribution in [0.4, 0.5) is 10.1 Å². The molecule has 0 bridgehead atoms.